The van der Waals surface area contributed by atoms with Gasteiger partial charge in [-0.15, -0.1) is 0 Å². The standard InChI is InChI=1S/C15H21ClN2/c16-13-6-7-15(12(9-13)10-17)18-8-2-4-11-3-1-5-14(11)18/h6-7,9,11,14H,1-5,8,10,17H2. The molecule has 1 saturated carbocycles. The summed E-state index contributed by atoms with van der Waals surface area (Å²) in [5.74, 6) is 0.903. The Morgan fingerprint density at radius 3 is 2.89 bits per heavy atom. The van der Waals surface area contributed by atoms with Crippen molar-refractivity contribution in [3.05, 3.63) is 28.8 Å². The predicted molar refractivity (Wildman–Crippen MR) is 77.1 cm³/mol. The van der Waals surface area contributed by atoms with E-state index in [1.54, 1.807) is 0 Å². The first-order valence-electron chi connectivity index (χ1n) is 7.04. The number of fused-ring (bicyclic) bond motifs is 1. The zero-order valence-corrected chi connectivity index (χ0v) is 11.5. The highest BCUT2D eigenvalue weighted by atomic mass is 35.5. The van der Waals surface area contributed by atoms with E-state index in [2.05, 4.69) is 11.0 Å². The highest BCUT2D eigenvalue weighted by Gasteiger charge is 2.35. The fourth-order valence-electron chi connectivity index (χ4n) is 3.75. The molecule has 2 nitrogen and oxygen atoms in total. The largest absolute Gasteiger partial charge is 0.368 e. The van der Waals surface area contributed by atoms with Crippen LogP contribution in [-0.4, -0.2) is 12.6 Å². The van der Waals surface area contributed by atoms with Crippen molar-refractivity contribution in [2.45, 2.75) is 44.7 Å². The molecule has 2 N–H and O–H groups in total. The average molecular weight is 265 g/mol. The molecule has 0 radical (unpaired) electrons. The Labute approximate surface area is 114 Å². The van der Waals surface area contributed by atoms with E-state index >= 15 is 0 Å². The lowest BCUT2D eigenvalue weighted by Gasteiger charge is -2.40. The highest BCUT2D eigenvalue weighted by molar-refractivity contribution is 6.30. The molecule has 1 aromatic rings. The first-order chi connectivity index (χ1) is 8.79. The number of hydrogen-bond acceptors (Lipinski definition) is 2. The van der Waals surface area contributed by atoms with Gasteiger partial charge in [0, 0.05) is 29.8 Å². The van der Waals surface area contributed by atoms with Crippen LogP contribution in [0.5, 0.6) is 0 Å². The highest BCUT2D eigenvalue weighted by Crippen LogP contribution is 2.40. The van der Waals surface area contributed by atoms with Gasteiger partial charge in [0.05, 0.1) is 0 Å². The first kappa shape index (κ1) is 12.3. The zero-order chi connectivity index (χ0) is 12.5. The molecular weight excluding hydrogens is 244 g/mol. The Morgan fingerprint density at radius 1 is 1.22 bits per heavy atom. The molecule has 0 aromatic heterocycles. The molecule has 1 heterocycles. The minimum atomic E-state index is 0.573. The molecule has 2 atom stereocenters. The van der Waals surface area contributed by atoms with Gasteiger partial charge in [-0.3, -0.25) is 0 Å². The second-order valence-electron chi connectivity index (χ2n) is 5.57. The van der Waals surface area contributed by atoms with Gasteiger partial charge in [0.1, 0.15) is 0 Å². The van der Waals surface area contributed by atoms with Gasteiger partial charge < -0.3 is 10.6 Å². The topological polar surface area (TPSA) is 29.3 Å². The van der Waals surface area contributed by atoms with E-state index in [1.165, 1.54) is 49.9 Å². The number of anilines is 1. The van der Waals surface area contributed by atoms with E-state index in [-0.39, 0.29) is 0 Å². The smallest absolute Gasteiger partial charge is 0.0415 e. The van der Waals surface area contributed by atoms with Crippen molar-refractivity contribution in [2.24, 2.45) is 11.7 Å². The fourth-order valence-corrected chi connectivity index (χ4v) is 3.95. The summed E-state index contributed by atoms with van der Waals surface area (Å²) in [5.41, 5.74) is 8.39. The van der Waals surface area contributed by atoms with Crippen molar-refractivity contribution in [2.75, 3.05) is 11.4 Å². The molecule has 3 heteroatoms. The molecule has 1 aliphatic heterocycles. The minimum absolute atomic E-state index is 0.573. The van der Waals surface area contributed by atoms with E-state index in [4.69, 9.17) is 17.3 Å². The fraction of sp³-hybridized carbons (Fsp3) is 0.600. The maximum absolute atomic E-state index is 6.07. The number of hydrogen-bond donors (Lipinski definition) is 1. The summed E-state index contributed by atoms with van der Waals surface area (Å²) in [4.78, 5) is 2.60. The van der Waals surface area contributed by atoms with Gasteiger partial charge in [-0.25, -0.2) is 0 Å². The van der Waals surface area contributed by atoms with E-state index in [0.29, 0.717) is 6.54 Å². The maximum Gasteiger partial charge on any atom is 0.0415 e. The Bertz CT molecular complexity index is 433. The van der Waals surface area contributed by atoms with Crippen LogP contribution in [0, 0.1) is 5.92 Å². The summed E-state index contributed by atoms with van der Waals surface area (Å²) in [6, 6.07) is 6.92. The summed E-state index contributed by atoms with van der Waals surface area (Å²) in [6.45, 7) is 1.75. The van der Waals surface area contributed by atoms with Crippen molar-refractivity contribution in [3.63, 3.8) is 0 Å². The van der Waals surface area contributed by atoms with Crippen molar-refractivity contribution < 1.29 is 0 Å². The van der Waals surface area contributed by atoms with E-state index in [1.807, 2.05) is 12.1 Å². The molecule has 2 unspecified atom stereocenters. The number of piperidine rings is 1. The zero-order valence-electron chi connectivity index (χ0n) is 10.7. The molecule has 2 fully saturated rings. The summed E-state index contributed by atoms with van der Waals surface area (Å²) < 4.78 is 0. The molecule has 0 amide bonds. The van der Waals surface area contributed by atoms with Gasteiger partial charge in [-0.2, -0.15) is 0 Å². The second-order valence-corrected chi connectivity index (χ2v) is 6.01. The SMILES string of the molecule is NCc1cc(Cl)ccc1N1CCCC2CCCC21. The molecular formula is C15H21ClN2. The number of rotatable bonds is 2. The van der Waals surface area contributed by atoms with Crippen LogP contribution in [-0.2, 0) is 6.54 Å². The normalized spacial score (nSPS) is 27.3. The summed E-state index contributed by atoms with van der Waals surface area (Å²) in [7, 11) is 0. The van der Waals surface area contributed by atoms with E-state index < -0.39 is 0 Å². The van der Waals surface area contributed by atoms with Gasteiger partial charge in [-0.05, 0) is 55.4 Å². The third kappa shape index (κ3) is 2.12. The van der Waals surface area contributed by atoms with Crippen molar-refractivity contribution in [1.29, 1.82) is 0 Å². The molecule has 3 rings (SSSR count). The lowest BCUT2D eigenvalue weighted by atomic mass is 9.91. The Kier molecular flexibility index (Phi) is 3.49. The third-order valence-corrected chi connectivity index (χ3v) is 4.80. The first-order valence-corrected chi connectivity index (χ1v) is 7.42. The molecule has 1 aliphatic carbocycles. The van der Waals surface area contributed by atoms with Gasteiger partial charge in [0.15, 0.2) is 0 Å². The van der Waals surface area contributed by atoms with E-state index in [0.717, 1.165) is 17.0 Å². The molecule has 18 heavy (non-hydrogen) atoms. The monoisotopic (exact) mass is 264 g/mol. The van der Waals surface area contributed by atoms with Crippen LogP contribution in [0.2, 0.25) is 5.02 Å². The van der Waals surface area contributed by atoms with E-state index in [9.17, 15) is 0 Å². The summed E-state index contributed by atoms with van der Waals surface area (Å²) >= 11 is 6.07. The van der Waals surface area contributed by atoms with Crippen LogP contribution >= 0.6 is 11.6 Å². The number of nitrogens with two attached hydrogens (primary N) is 1. The van der Waals surface area contributed by atoms with Crippen molar-refractivity contribution in [1.82, 2.24) is 0 Å². The molecule has 1 saturated heterocycles. The van der Waals surface area contributed by atoms with Gasteiger partial charge >= 0.3 is 0 Å². The molecule has 2 aliphatic rings. The van der Waals surface area contributed by atoms with Crippen LogP contribution < -0.4 is 10.6 Å². The second kappa shape index (κ2) is 5.10. The number of benzene rings is 1. The lowest BCUT2D eigenvalue weighted by Crippen LogP contribution is -2.43. The lowest BCUT2D eigenvalue weighted by molar-refractivity contribution is 0.362. The van der Waals surface area contributed by atoms with Crippen molar-refractivity contribution in [3.8, 4) is 0 Å². The molecule has 98 valence electrons. The maximum atomic E-state index is 6.07. The van der Waals surface area contributed by atoms with Crippen LogP contribution in [0.15, 0.2) is 18.2 Å². The van der Waals surface area contributed by atoms with Crippen molar-refractivity contribution >= 4 is 17.3 Å². The summed E-state index contributed by atoms with van der Waals surface area (Å²) in [6.07, 6.45) is 6.86. The van der Waals surface area contributed by atoms with Crippen LogP contribution in [0.4, 0.5) is 5.69 Å². The van der Waals surface area contributed by atoms with Gasteiger partial charge in [0.25, 0.3) is 0 Å². The minimum Gasteiger partial charge on any atom is -0.368 e. The van der Waals surface area contributed by atoms with Gasteiger partial charge in [0.2, 0.25) is 0 Å². The summed E-state index contributed by atoms with van der Waals surface area (Å²) in [5, 5.41) is 0.791. The Balaban J connectivity index is 1.93. The number of halogens is 1. The average Bonchev–Trinajstić information content (AvgIpc) is 2.86. The molecule has 0 bridgehead atoms. The third-order valence-electron chi connectivity index (χ3n) is 4.56. The Hall–Kier alpha value is -0.730. The predicted octanol–water partition coefficient (Wildman–Crippen LogP) is 3.57. The number of nitrogens with zero attached hydrogens (tertiary/aromatic N) is 1. The molecule has 0 spiro atoms. The van der Waals surface area contributed by atoms with Gasteiger partial charge in [-0.1, -0.05) is 18.0 Å². The quantitative estimate of drug-likeness (QED) is 0.885. The molecule has 1 aromatic carbocycles. The van der Waals surface area contributed by atoms with Crippen LogP contribution in [0.3, 0.4) is 0 Å². The Morgan fingerprint density at radius 2 is 2.06 bits per heavy atom. The van der Waals surface area contributed by atoms with Crippen LogP contribution in [0.1, 0.15) is 37.7 Å². The van der Waals surface area contributed by atoms with Crippen LogP contribution in [0.25, 0.3) is 0 Å².